The van der Waals surface area contributed by atoms with Crippen molar-refractivity contribution in [1.82, 2.24) is 29.5 Å². The second kappa shape index (κ2) is 6.42. The first-order chi connectivity index (χ1) is 12.6. The Morgan fingerprint density at radius 2 is 1.85 bits per heavy atom. The lowest BCUT2D eigenvalue weighted by Crippen LogP contribution is -2.60. The van der Waals surface area contributed by atoms with Gasteiger partial charge in [0.2, 0.25) is 5.95 Å². The number of aromatic nitrogens is 6. The van der Waals surface area contributed by atoms with Crippen LogP contribution >= 0.6 is 0 Å². The predicted molar refractivity (Wildman–Crippen MR) is 87.3 cm³/mol. The van der Waals surface area contributed by atoms with Gasteiger partial charge in [0.1, 0.15) is 17.9 Å². The fourth-order valence-corrected chi connectivity index (χ4v) is 2.86. The van der Waals surface area contributed by atoms with Crippen LogP contribution < -0.4 is 10.6 Å². The van der Waals surface area contributed by atoms with E-state index in [0.717, 1.165) is 4.90 Å². The molecule has 0 saturated carbocycles. The highest BCUT2D eigenvalue weighted by Gasteiger charge is 2.45. The van der Waals surface area contributed by atoms with Gasteiger partial charge in [0, 0.05) is 12.4 Å². The molecule has 26 heavy (non-hydrogen) atoms. The SMILES string of the molecule is Nc1ncnc2c1ncn2[C@@H]1O[C@H](CO)C(O)N(c2ncccn2)C1O. The van der Waals surface area contributed by atoms with Crippen molar-refractivity contribution in [3.8, 4) is 0 Å². The molecule has 5 N–H and O–H groups in total. The number of anilines is 2. The molecule has 0 radical (unpaired) electrons. The average molecular weight is 360 g/mol. The molecule has 0 aliphatic carbocycles. The molecule has 1 saturated heterocycles. The van der Waals surface area contributed by atoms with E-state index in [2.05, 4.69) is 24.9 Å². The third-order valence-corrected chi connectivity index (χ3v) is 4.10. The summed E-state index contributed by atoms with van der Waals surface area (Å²) in [7, 11) is 0. The van der Waals surface area contributed by atoms with Crippen molar-refractivity contribution in [2.45, 2.75) is 24.8 Å². The molecule has 136 valence electrons. The number of nitrogen functional groups attached to an aromatic ring is 1. The molecule has 0 amide bonds. The minimum absolute atomic E-state index is 0.0813. The molecule has 4 heterocycles. The van der Waals surface area contributed by atoms with Crippen molar-refractivity contribution in [3.63, 3.8) is 0 Å². The van der Waals surface area contributed by atoms with Crippen molar-refractivity contribution in [2.24, 2.45) is 0 Å². The quantitative estimate of drug-likeness (QED) is 0.417. The summed E-state index contributed by atoms with van der Waals surface area (Å²) in [5.74, 6) is 0.263. The molecule has 12 nitrogen and oxygen atoms in total. The van der Waals surface area contributed by atoms with E-state index in [1.165, 1.54) is 29.6 Å². The summed E-state index contributed by atoms with van der Waals surface area (Å²) < 4.78 is 7.13. The highest BCUT2D eigenvalue weighted by molar-refractivity contribution is 5.81. The summed E-state index contributed by atoms with van der Waals surface area (Å²) in [6.07, 6.45) is 0.775. The van der Waals surface area contributed by atoms with E-state index < -0.39 is 31.4 Å². The third-order valence-electron chi connectivity index (χ3n) is 4.10. The summed E-state index contributed by atoms with van der Waals surface area (Å²) in [5, 5.41) is 30.9. The summed E-state index contributed by atoms with van der Waals surface area (Å²) in [5.41, 5.74) is 6.47. The molecule has 0 aromatic carbocycles. The van der Waals surface area contributed by atoms with E-state index in [0.29, 0.717) is 11.2 Å². The molecule has 1 aliphatic heterocycles. The van der Waals surface area contributed by atoms with Crippen LogP contribution in [0.15, 0.2) is 31.1 Å². The number of fused-ring (bicyclic) bond motifs is 1. The Balaban J connectivity index is 1.79. The molecule has 0 bridgehead atoms. The smallest absolute Gasteiger partial charge is 0.229 e. The van der Waals surface area contributed by atoms with E-state index in [9.17, 15) is 15.3 Å². The average Bonchev–Trinajstić information content (AvgIpc) is 3.08. The molecule has 1 fully saturated rings. The van der Waals surface area contributed by atoms with Crippen LogP contribution in [0.5, 0.6) is 0 Å². The minimum Gasteiger partial charge on any atom is -0.393 e. The number of hydrogen-bond donors (Lipinski definition) is 4. The first-order valence-electron chi connectivity index (χ1n) is 7.72. The van der Waals surface area contributed by atoms with Crippen LogP contribution in [-0.2, 0) is 4.74 Å². The van der Waals surface area contributed by atoms with E-state index in [1.54, 1.807) is 6.07 Å². The number of aliphatic hydroxyl groups is 3. The fourth-order valence-electron chi connectivity index (χ4n) is 2.86. The Morgan fingerprint density at radius 1 is 1.08 bits per heavy atom. The van der Waals surface area contributed by atoms with Crippen LogP contribution in [0, 0.1) is 0 Å². The highest BCUT2D eigenvalue weighted by atomic mass is 16.6. The summed E-state index contributed by atoms with van der Waals surface area (Å²) in [6.45, 7) is -0.489. The number of aliphatic hydroxyl groups excluding tert-OH is 3. The van der Waals surface area contributed by atoms with Crippen LogP contribution in [0.3, 0.4) is 0 Å². The van der Waals surface area contributed by atoms with Gasteiger partial charge >= 0.3 is 0 Å². The zero-order valence-electron chi connectivity index (χ0n) is 13.4. The van der Waals surface area contributed by atoms with Crippen molar-refractivity contribution in [3.05, 3.63) is 31.1 Å². The largest absolute Gasteiger partial charge is 0.393 e. The predicted octanol–water partition coefficient (Wildman–Crippen LogP) is -1.77. The number of hydrogen-bond acceptors (Lipinski definition) is 11. The van der Waals surface area contributed by atoms with Crippen LogP contribution in [0.2, 0.25) is 0 Å². The molecule has 0 spiro atoms. The summed E-state index contributed by atoms with van der Waals surface area (Å²) in [4.78, 5) is 21.4. The molecule has 3 aromatic heterocycles. The Hall–Kier alpha value is -2.93. The summed E-state index contributed by atoms with van der Waals surface area (Å²) >= 11 is 0. The fraction of sp³-hybridized carbons (Fsp3) is 0.357. The molecular formula is C14H16N8O4. The molecule has 4 atom stereocenters. The maximum atomic E-state index is 10.8. The molecule has 3 aromatic rings. The number of rotatable bonds is 3. The van der Waals surface area contributed by atoms with Gasteiger partial charge in [0.05, 0.1) is 12.9 Å². The van der Waals surface area contributed by atoms with Crippen LogP contribution in [0.1, 0.15) is 6.23 Å². The van der Waals surface area contributed by atoms with Crippen molar-refractivity contribution >= 4 is 22.9 Å². The lowest BCUT2D eigenvalue weighted by molar-refractivity contribution is -0.203. The monoisotopic (exact) mass is 360 g/mol. The van der Waals surface area contributed by atoms with Gasteiger partial charge in [-0.15, -0.1) is 0 Å². The van der Waals surface area contributed by atoms with Crippen LogP contribution in [-0.4, -0.2) is 70.0 Å². The van der Waals surface area contributed by atoms with Gasteiger partial charge in [-0.2, -0.15) is 0 Å². The Morgan fingerprint density at radius 3 is 2.58 bits per heavy atom. The topological polar surface area (TPSA) is 169 Å². The highest BCUT2D eigenvalue weighted by Crippen LogP contribution is 2.32. The van der Waals surface area contributed by atoms with Gasteiger partial charge in [0.25, 0.3) is 0 Å². The van der Waals surface area contributed by atoms with E-state index in [-0.39, 0.29) is 11.8 Å². The van der Waals surface area contributed by atoms with Crippen molar-refractivity contribution in [1.29, 1.82) is 0 Å². The zero-order chi connectivity index (χ0) is 18.3. The zero-order valence-corrected chi connectivity index (χ0v) is 13.4. The van der Waals surface area contributed by atoms with Gasteiger partial charge < -0.3 is 25.8 Å². The van der Waals surface area contributed by atoms with E-state index in [4.69, 9.17) is 10.5 Å². The second-order valence-electron chi connectivity index (χ2n) is 5.61. The first-order valence-corrected chi connectivity index (χ1v) is 7.72. The Kier molecular flexibility index (Phi) is 4.08. The Bertz CT molecular complexity index is 906. The van der Waals surface area contributed by atoms with Crippen LogP contribution in [0.25, 0.3) is 11.2 Å². The van der Waals surface area contributed by atoms with Gasteiger partial charge in [-0.1, -0.05) is 0 Å². The van der Waals surface area contributed by atoms with Gasteiger partial charge in [-0.05, 0) is 6.07 Å². The third kappa shape index (κ3) is 2.52. The number of imidazole rings is 1. The molecule has 2 unspecified atom stereocenters. The normalized spacial score (nSPS) is 26.3. The summed E-state index contributed by atoms with van der Waals surface area (Å²) in [6, 6.07) is 1.60. The first kappa shape index (κ1) is 16.5. The maximum absolute atomic E-state index is 10.8. The van der Waals surface area contributed by atoms with Gasteiger partial charge in [-0.25, -0.2) is 24.9 Å². The second-order valence-corrected chi connectivity index (χ2v) is 5.61. The van der Waals surface area contributed by atoms with Crippen LogP contribution in [0.4, 0.5) is 11.8 Å². The minimum atomic E-state index is -1.39. The molecule has 1 aliphatic rings. The lowest BCUT2D eigenvalue weighted by atomic mass is 10.2. The number of nitrogens with zero attached hydrogens (tertiary/aromatic N) is 7. The molecule has 12 heteroatoms. The number of nitrogens with two attached hydrogens (primary N) is 1. The lowest BCUT2D eigenvalue weighted by Gasteiger charge is -2.44. The number of ether oxygens (including phenoxy) is 1. The Labute approximate surface area is 146 Å². The van der Waals surface area contributed by atoms with Crippen molar-refractivity contribution < 1.29 is 20.1 Å². The standard InChI is InChI=1S/C14H16N8O4/c15-9-8-10(19-5-18-9)21(6-20-8)13-12(25)22(11(24)7(4-23)26-13)14-16-2-1-3-17-14/h1-3,5-7,11-13,23-25H,4H2,(H2,15,18,19)/t7-,11?,12?,13-/m1/s1. The van der Waals surface area contributed by atoms with E-state index >= 15 is 0 Å². The maximum Gasteiger partial charge on any atom is 0.229 e. The molecule has 4 rings (SSSR count). The van der Waals surface area contributed by atoms with E-state index in [1.807, 2.05) is 0 Å². The number of morpholine rings is 1. The van der Waals surface area contributed by atoms with Gasteiger partial charge in [0.15, 0.2) is 30.1 Å². The van der Waals surface area contributed by atoms with Gasteiger partial charge in [-0.3, -0.25) is 9.47 Å². The van der Waals surface area contributed by atoms with Crippen molar-refractivity contribution in [2.75, 3.05) is 17.2 Å². The molecular weight excluding hydrogens is 344 g/mol.